The van der Waals surface area contributed by atoms with Crippen molar-refractivity contribution in [1.82, 2.24) is 9.88 Å². The largest absolute Gasteiger partial charge is 0.368 e. The number of carbonyl (C=O) groups excluding carboxylic acids is 1. The number of hydrogen-bond acceptors (Lipinski definition) is 3. The Balaban J connectivity index is 1.47. The molecule has 28 heavy (non-hydrogen) atoms. The Kier molecular flexibility index (Phi) is 5.11. The number of carbonyl (C=O) groups is 1. The van der Waals surface area contributed by atoms with Crippen molar-refractivity contribution in [3.05, 3.63) is 84.2 Å². The molecule has 0 saturated carbocycles. The van der Waals surface area contributed by atoms with Crippen LogP contribution in [0.2, 0.25) is 0 Å². The molecule has 4 nitrogen and oxygen atoms in total. The highest BCUT2D eigenvalue weighted by molar-refractivity contribution is 5.95. The van der Waals surface area contributed by atoms with E-state index in [2.05, 4.69) is 48.0 Å². The van der Waals surface area contributed by atoms with Crippen molar-refractivity contribution in [1.29, 1.82) is 0 Å². The number of piperazine rings is 1. The number of amides is 1. The predicted molar refractivity (Wildman–Crippen MR) is 114 cm³/mol. The van der Waals surface area contributed by atoms with Crippen LogP contribution in [0.4, 0.5) is 5.69 Å². The molecular weight excluding hydrogens is 346 g/mol. The van der Waals surface area contributed by atoms with Gasteiger partial charge < -0.3 is 9.80 Å². The SMILES string of the molecule is Cc1cnccc1-c1ccc(C(=O)N2CCN(c3ccccc3)CC2C)cc1. The summed E-state index contributed by atoms with van der Waals surface area (Å²) in [6.07, 6.45) is 3.66. The quantitative estimate of drug-likeness (QED) is 0.684. The molecule has 4 heteroatoms. The van der Waals surface area contributed by atoms with E-state index in [1.54, 1.807) is 6.20 Å². The van der Waals surface area contributed by atoms with Gasteiger partial charge in [-0.15, -0.1) is 0 Å². The summed E-state index contributed by atoms with van der Waals surface area (Å²) in [6, 6.07) is 20.5. The zero-order valence-electron chi connectivity index (χ0n) is 16.4. The van der Waals surface area contributed by atoms with Gasteiger partial charge in [0.05, 0.1) is 0 Å². The van der Waals surface area contributed by atoms with Crippen molar-refractivity contribution >= 4 is 11.6 Å². The van der Waals surface area contributed by atoms with E-state index in [1.807, 2.05) is 47.5 Å². The molecule has 1 fully saturated rings. The van der Waals surface area contributed by atoms with Gasteiger partial charge in [0.1, 0.15) is 0 Å². The van der Waals surface area contributed by atoms with E-state index in [0.717, 1.165) is 41.9 Å². The maximum Gasteiger partial charge on any atom is 0.254 e. The molecule has 4 rings (SSSR count). The van der Waals surface area contributed by atoms with Gasteiger partial charge >= 0.3 is 0 Å². The molecule has 1 unspecified atom stereocenters. The maximum absolute atomic E-state index is 13.1. The molecule has 0 aliphatic carbocycles. The second kappa shape index (κ2) is 7.85. The molecule has 1 atom stereocenters. The Bertz CT molecular complexity index is 953. The first-order valence-electron chi connectivity index (χ1n) is 9.75. The van der Waals surface area contributed by atoms with Crippen LogP contribution >= 0.6 is 0 Å². The minimum absolute atomic E-state index is 0.109. The van der Waals surface area contributed by atoms with Crippen LogP contribution in [0.5, 0.6) is 0 Å². The summed E-state index contributed by atoms with van der Waals surface area (Å²) in [6.45, 7) is 6.62. The molecule has 0 spiro atoms. The van der Waals surface area contributed by atoms with Gasteiger partial charge in [-0.1, -0.05) is 30.3 Å². The van der Waals surface area contributed by atoms with Crippen molar-refractivity contribution in [2.75, 3.05) is 24.5 Å². The average Bonchev–Trinajstić information content (AvgIpc) is 2.74. The van der Waals surface area contributed by atoms with Gasteiger partial charge in [0.25, 0.3) is 5.91 Å². The lowest BCUT2D eigenvalue weighted by Crippen LogP contribution is -2.54. The second-order valence-corrected chi connectivity index (χ2v) is 7.40. The van der Waals surface area contributed by atoms with Crippen molar-refractivity contribution in [3.8, 4) is 11.1 Å². The fourth-order valence-electron chi connectivity index (χ4n) is 3.89. The predicted octanol–water partition coefficient (Wildman–Crippen LogP) is 4.41. The fraction of sp³-hybridized carbons (Fsp3) is 0.250. The number of anilines is 1. The van der Waals surface area contributed by atoms with Gasteiger partial charge in [0.2, 0.25) is 0 Å². The Morgan fingerprint density at radius 1 is 1.00 bits per heavy atom. The maximum atomic E-state index is 13.1. The number of aryl methyl sites for hydroxylation is 1. The van der Waals surface area contributed by atoms with Gasteiger partial charge in [0, 0.05) is 49.3 Å². The van der Waals surface area contributed by atoms with Crippen LogP contribution in [0, 0.1) is 6.92 Å². The molecule has 1 aliphatic heterocycles. The first-order chi connectivity index (χ1) is 13.6. The number of rotatable bonds is 3. The number of para-hydroxylation sites is 1. The van der Waals surface area contributed by atoms with E-state index < -0.39 is 0 Å². The Hall–Kier alpha value is -3.14. The second-order valence-electron chi connectivity index (χ2n) is 7.40. The van der Waals surface area contributed by atoms with Gasteiger partial charge in [0.15, 0.2) is 0 Å². The minimum Gasteiger partial charge on any atom is -0.368 e. The first kappa shape index (κ1) is 18.2. The Morgan fingerprint density at radius 3 is 2.43 bits per heavy atom. The third-order valence-electron chi connectivity index (χ3n) is 5.47. The van der Waals surface area contributed by atoms with E-state index in [0.29, 0.717) is 0 Å². The summed E-state index contributed by atoms with van der Waals surface area (Å²) in [5, 5.41) is 0. The lowest BCUT2D eigenvalue weighted by Gasteiger charge is -2.41. The molecule has 2 aromatic carbocycles. The summed E-state index contributed by atoms with van der Waals surface area (Å²) >= 11 is 0. The number of nitrogens with zero attached hydrogens (tertiary/aromatic N) is 3. The van der Waals surface area contributed by atoms with Crippen LogP contribution in [0.15, 0.2) is 73.1 Å². The zero-order chi connectivity index (χ0) is 19.5. The zero-order valence-corrected chi connectivity index (χ0v) is 16.4. The number of hydrogen-bond donors (Lipinski definition) is 0. The highest BCUT2D eigenvalue weighted by Crippen LogP contribution is 2.24. The number of benzene rings is 2. The molecule has 1 amide bonds. The van der Waals surface area contributed by atoms with E-state index in [9.17, 15) is 4.79 Å². The normalized spacial score (nSPS) is 16.9. The summed E-state index contributed by atoms with van der Waals surface area (Å²) in [5.41, 5.74) is 5.36. The van der Waals surface area contributed by atoms with Crippen molar-refractivity contribution in [2.45, 2.75) is 19.9 Å². The lowest BCUT2D eigenvalue weighted by molar-refractivity contribution is 0.0674. The van der Waals surface area contributed by atoms with Crippen LogP contribution in [0.1, 0.15) is 22.8 Å². The topological polar surface area (TPSA) is 36.4 Å². The third-order valence-corrected chi connectivity index (χ3v) is 5.47. The molecule has 1 aliphatic rings. The van der Waals surface area contributed by atoms with Gasteiger partial charge in [-0.25, -0.2) is 0 Å². The first-order valence-corrected chi connectivity index (χ1v) is 9.75. The summed E-state index contributed by atoms with van der Waals surface area (Å²) in [5.74, 6) is 0.109. The Morgan fingerprint density at radius 2 is 1.75 bits per heavy atom. The van der Waals surface area contributed by atoms with Crippen LogP contribution in [-0.2, 0) is 0 Å². The molecule has 0 N–H and O–H groups in total. The van der Waals surface area contributed by atoms with Gasteiger partial charge in [-0.2, -0.15) is 0 Å². The number of pyridine rings is 1. The summed E-state index contributed by atoms with van der Waals surface area (Å²) in [7, 11) is 0. The molecule has 0 radical (unpaired) electrons. The molecule has 3 aromatic rings. The fourth-order valence-corrected chi connectivity index (χ4v) is 3.89. The molecular formula is C24H25N3O. The van der Waals surface area contributed by atoms with Crippen LogP contribution < -0.4 is 4.90 Å². The molecule has 2 heterocycles. The van der Waals surface area contributed by atoms with Crippen LogP contribution in [-0.4, -0.2) is 41.5 Å². The monoisotopic (exact) mass is 371 g/mol. The minimum atomic E-state index is 0.109. The molecule has 142 valence electrons. The standard InChI is InChI=1S/C24H25N3O/c1-18-16-25-13-12-23(18)20-8-10-21(11-9-20)24(28)27-15-14-26(17-19(27)2)22-6-4-3-5-7-22/h3-13,16,19H,14-15,17H2,1-2H3. The van der Waals surface area contributed by atoms with E-state index in [4.69, 9.17) is 0 Å². The Labute approximate surface area is 166 Å². The van der Waals surface area contributed by atoms with Gasteiger partial charge in [-0.05, 0) is 60.9 Å². The summed E-state index contributed by atoms with van der Waals surface area (Å²) in [4.78, 5) is 21.6. The van der Waals surface area contributed by atoms with Crippen LogP contribution in [0.25, 0.3) is 11.1 Å². The van der Waals surface area contributed by atoms with Gasteiger partial charge in [-0.3, -0.25) is 9.78 Å². The lowest BCUT2D eigenvalue weighted by atomic mass is 10.0. The van der Waals surface area contributed by atoms with Crippen LogP contribution in [0.3, 0.4) is 0 Å². The molecule has 1 saturated heterocycles. The number of aromatic nitrogens is 1. The molecule has 1 aromatic heterocycles. The highest BCUT2D eigenvalue weighted by atomic mass is 16.2. The molecule has 0 bridgehead atoms. The van der Waals surface area contributed by atoms with Crippen molar-refractivity contribution in [2.24, 2.45) is 0 Å². The smallest absolute Gasteiger partial charge is 0.254 e. The van der Waals surface area contributed by atoms with E-state index in [1.165, 1.54) is 5.69 Å². The van der Waals surface area contributed by atoms with E-state index in [-0.39, 0.29) is 11.9 Å². The van der Waals surface area contributed by atoms with Crippen molar-refractivity contribution in [3.63, 3.8) is 0 Å². The average molecular weight is 371 g/mol. The van der Waals surface area contributed by atoms with E-state index >= 15 is 0 Å². The highest BCUT2D eigenvalue weighted by Gasteiger charge is 2.28. The summed E-state index contributed by atoms with van der Waals surface area (Å²) < 4.78 is 0. The third kappa shape index (κ3) is 3.63. The van der Waals surface area contributed by atoms with Crippen molar-refractivity contribution < 1.29 is 4.79 Å².